The van der Waals surface area contributed by atoms with Gasteiger partial charge < -0.3 is 20.0 Å². The molecule has 2 aliphatic rings. The van der Waals surface area contributed by atoms with Gasteiger partial charge in [0.1, 0.15) is 12.0 Å². The summed E-state index contributed by atoms with van der Waals surface area (Å²) in [7, 11) is 0. The fourth-order valence-corrected chi connectivity index (χ4v) is 5.34. The molecule has 0 unspecified atom stereocenters. The molecule has 0 atom stereocenters. The van der Waals surface area contributed by atoms with Crippen LogP contribution in [0.4, 0.5) is 30.2 Å². The van der Waals surface area contributed by atoms with E-state index >= 15 is 0 Å². The van der Waals surface area contributed by atoms with Crippen molar-refractivity contribution in [2.75, 3.05) is 49.5 Å². The Morgan fingerprint density at radius 3 is 2.10 bits per heavy atom. The molecule has 2 heterocycles. The van der Waals surface area contributed by atoms with E-state index in [1.807, 2.05) is 6.07 Å². The third-order valence-corrected chi connectivity index (χ3v) is 7.44. The number of nitro benzene ring substituents is 1. The smallest absolute Gasteiger partial charge is 0.382 e. The average Bonchev–Trinajstić information content (AvgIpc) is 2.88. The Balaban J connectivity index is 0.00000441. The summed E-state index contributed by atoms with van der Waals surface area (Å²) in [5.41, 5.74) is -1.37. The second-order valence-corrected chi connectivity index (χ2v) is 10.3. The van der Waals surface area contributed by atoms with Gasteiger partial charge in [0, 0.05) is 62.1 Å². The zero-order chi connectivity index (χ0) is 28.3. The maximum atomic E-state index is 13.3. The second kappa shape index (κ2) is 12.9. The molecular weight excluding hydrogens is 574 g/mol. The molecule has 2 amide bonds. The monoisotopic (exact) mass is 603 g/mol. The van der Waals surface area contributed by atoms with E-state index in [1.165, 1.54) is 6.07 Å². The van der Waals surface area contributed by atoms with E-state index in [0.29, 0.717) is 62.2 Å². The number of carbonyl (C=O) groups excluding carboxylic acids is 2. The largest absolute Gasteiger partial charge is 0.423 e. The lowest BCUT2D eigenvalue weighted by molar-refractivity contribution is -0.388. The summed E-state index contributed by atoms with van der Waals surface area (Å²) < 4.78 is 39.8. The van der Waals surface area contributed by atoms with Crippen LogP contribution in [0.1, 0.15) is 32.3 Å². The summed E-state index contributed by atoms with van der Waals surface area (Å²) in [5.74, 6) is -0.552. The van der Waals surface area contributed by atoms with Gasteiger partial charge in [-0.05, 0) is 43.2 Å². The highest BCUT2D eigenvalue weighted by Gasteiger charge is 2.38. The van der Waals surface area contributed by atoms with Crippen molar-refractivity contribution in [2.24, 2.45) is 0 Å². The van der Waals surface area contributed by atoms with Crippen LogP contribution in [0.3, 0.4) is 0 Å². The van der Waals surface area contributed by atoms with E-state index in [9.17, 15) is 32.9 Å². The predicted molar refractivity (Wildman–Crippen MR) is 148 cm³/mol. The molecule has 0 aliphatic carbocycles. The number of likely N-dealkylation sites (tertiary alicyclic amines) is 1. The van der Waals surface area contributed by atoms with Gasteiger partial charge in [0.05, 0.1) is 15.6 Å². The van der Waals surface area contributed by atoms with Crippen molar-refractivity contribution < 1.29 is 27.7 Å². The molecule has 2 aromatic carbocycles. The number of carbonyl (C=O) groups is 2. The Kier molecular flexibility index (Phi) is 10.1. The van der Waals surface area contributed by atoms with E-state index in [1.54, 1.807) is 21.9 Å². The van der Waals surface area contributed by atoms with Crippen molar-refractivity contribution >= 4 is 52.1 Å². The van der Waals surface area contributed by atoms with Gasteiger partial charge in [-0.2, -0.15) is 13.2 Å². The summed E-state index contributed by atoms with van der Waals surface area (Å²) in [6.07, 6.45) is -4.20. The molecule has 40 heavy (non-hydrogen) atoms. The minimum Gasteiger partial charge on any atom is -0.382 e. The van der Waals surface area contributed by atoms with Crippen LogP contribution in [0, 0.1) is 10.1 Å². The van der Waals surface area contributed by atoms with Crippen LogP contribution in [0.5, 0.6) is 0 Å². The average molecular weight is 604 g/mol. The molecule has 2 saturated heterocycles. The van der Waals surface area contributed by atoms with Crippen LogP contribution in [-0.2, 0) is 15.8 Å². The van der Waals surface area contributed by atoms with Gasteiger partial charge in [0.15, 0.2) is 0 Å². The molecule has 0 aromatic heterocycles. The lowest BCUT2D eigenvalue weighted by atomic mass is 10.0. The molecule has 2 aliphatic heterocycles. The van der Waals surface area contributed by atoms with Crippen molar-refractivity contribution in [1.29, 1.82) is 0 Å². The Morgan fingerprint density at radius 2 is 1.55 bits per heavy atom. The van der Waals surface area contributed by atoms with Gasteiger partial charge in [-0.25, -0.2) is 0 Å². The predicted octanol–water partition coefficient (Wildman–Crippen LogP) is 5.70. The first-order valence-corrected chi connectivity index (χ1v) is 13.1. The topological polar surface area (TPSA) is 99.0 Å². The minimum atomic E-state index is -4.86. The van der Waals surface area contributed by atoms with Crippen molar-refractivity contribution in [3.8, 4) is 0 Å². The summed E-state index contributed by atoms with van der Waals surface area (Å²) in [4.78, 5) is 40.7. The van der Waals surface area contributed by atoms with Crippen molar-refractivity contribution in [1.82, 2.24) is 9.80 Å². The maximum absolute atomic E-state index is 13.3. The number of nitro groups is 1. The molecule has 218 valence electrons. The molecular formula is C26H30Cl2F3N5O4. The number of nitrogens with one attached hydrogen (secondary N) is 1. The molecule has 0 saturated carbocycles. The Bertz CT molecular complexity index is 1250. The van der Waals surface area contributed by atoms with Crippen LogP contribution in [-0.4, -0.2) is 71.8 Å². The zero-order valence-corrected chi connectivity index (χ0v) is 22.2. The lowest BCUT2D eigenvalue weighted by Gasteiger charge is -2.37. The van der Waals surface area contributed by atoms with Crippen LogP contribution in [0.25, 0.3) is 0 Å². The van der Waals surface area contributed by atoms with E-state index < -0.39 is 22.4 Å². The summed E-state index contributed by atoms with van der Waals surface area (Å²) in [6, 6.07) is 7.84. The Hall–Kier alpha value is -3.25. The van der Waals surface area contributed by atoms with Crippen LogP contribution in [0.15, 0.2) is 36.4 Å². The number of halogens is 5. The number of benzene rings is 2. The number of amides is 2. The lowest BCUT2D eigenvalue weighted by Crippen LogP contribution is -2.50. The standard InChI is InChI=1S/C25H26Cl2F3N5O4.CH4/c26-16-1-3-22(20(27)13-16)32-9-11-34(12-10-32)24(37)15-23(36)33-7-5-17(6-8-33)31-18-2-4-21(35(38)39)19(14-18)25(28,29)30;/h1-4,13-14,17,31H,5-12,15H2;1H4. The normalized spacial score (nSPS) is 16.4. The molecule has 4 rings (SSSR count). The molecule has 2 fully saturated rings. The number of alkyl halides is 3. The summed E-state index contributed by atoms with van der Waals surface area (Å²) in [6.45, 7) is 2.71. The van der Waals surface area contributed by atoms with Gasteiger partial charge in [-0.1, -0.05) is 30.6 Å². The van der Waals surface area contributed by atoms with Gasteiger partial charge in [0.2, 0.25) is 11.8 Å². The van der Waals surface area contributed by atoms with Gasteiger partial charge in [-0.15, -0.1) is 0 Å². The third kappa shape index (κ3) is 7.48. The maximum Gasteiger partial charge on any atom is 0.423 e. The highest BCUT2D eigenvalue weighted by Crippen LogP contribution is 2.38. The Morgan fingerprint density at radius 1 is 0.950 bits per heavy atom. The number of hydrogen-bond donors (Lipinski definition) is 1. The minimum absolute atomic E-state index is 0. The number of anilines is 2. The van der Waals surface area contributed by atoms with E-state index in [4.69, 9.17) is 23.2 Å². The molecule has 0 radical (unpaired) electrons. The van der Waals surface area contributed by atoms with E-state index in [-0.39, 0.29) is 37.4 Å². The van der Waals surface area contributed by atoms with E-state index in [2.05, 4.69) is 10.2 Å². The second-order valence-electron chi connectivity index (χ2n) is 9.43. The molecule has 1 N–H and O–H groups in total. The van der Waals surface area contributed by atoms with Crippen molar-refractivity contribution in [3.63, 3.8) is 0 Å². The summed E-state index contributed by atoms with van der Waals surface area (Å²) >= 11 is 12.2. The number of rotatable bonds is 6. The van der Waals surface area contributed by atoms with Gasteiger partial charge >= 0.3 is 6.18 Å². The Labute approximate surface area is 240 Å². The van der Waals surface area contributed by atoms with Crippen molar-refractivity contribution in [2.45, 2.75) is 38.9 Å². The number of hydrogen-bond acceptors (Lipinski definition) is 6. The molecule has 14 heteroatoms. The van der Waals surface area contributed by atoms with Crippen molar-refractivity contribution in [3.05, 3.63) is 62.1 Å². The third-order valence-electron chi connectivity index (χ3n) is 6.90. The quantitative estimate of drug-likeness (QED) is 0.258. The van der Waals surface area contributed by atoms with Crippen LogP contribution in [0.2, 0.25) is 10.0 Å². The van der Waals surface area contributed by atoms with Crippen LogP contribution < -0.4 is 10.2 Å². The zero-order valence-electron chi connectivity index (χ0n) is 20.7. The molecule has 2 aromatic rings. The SMILES string of the molecule is C.O=C(CC(=O)N1CCN(c2ccc(Cl)cc2Cl)CC1)N1CCC(Nc2ccc([N+](=O)[O-])c(C(F)(F)F)c2)CC1. The molecule has 9 nitrogen and oxygen atoms in total. The number of piperazine rings is 1. The molecule has 0 bridgehead atoms. The molecule has 0 spiro atoms. The fraction of sp³-hybridized carbons (Fsp3) is 0.462. The van der Waals surface area contributed by atoms with E-state index in [0.717, 1.165) is 17.8 Å². The number of nitrogens with zero attached hydrogens (tertiary/aromatic N) is 4. The van der Waals surface area contributed by atoms with Gasteiger partial charge in [0.25, 0.3) is 5.69 Å². The first kappa shape index (κ1) is 31.3. The summed E-state index contributed by atoms with van der Waals surface area (Å²) in [5, 5.41) is 15.0. The first-order valence-electron chi connectivity index (χ1n) is 12.3. The highest BCUT2D eigenvalue weighted by molar-refractivity contribution is 6.36. The highest BCUT2D eigenvalue weighted by atomic mass is 35.5. The fourth-order valence-electron chi connectivity index (χ4n) is 4.81. The van der Waals surface area contributed by atoms with Gasteiger partial charge in [-0.3, -0.25) is 19.7 Å². The number of piperidine rings is 1. The first-order chi connectivity index (χ1) is 18.4. The van der Waals surface area contributed by atoms with Crippen LogP contribution >= 0.6 is 23.2 Å².